The van der Waals surface area contributed by atoms with Crippen LogP contribution >= 0.6 is 0 Å². The van der Waals surface area contributed by atoms with Gasteiger partial charge in [0.2, 0.25) is 0 Å². The largest absolute Gasteiger partial charge is 0.380 e. The third-order valence-corrected chi connectivity index (χ3v) is 3.76. The molecule has 0 saturated heterocycles. The number of hydrogen-bond acceptors (Lipinski definition) is 2. The number of rotatable bonds is 6. The first-order valence-corrected chi connectivity index (χ1v) is 6.39. The zero-order chi connectivity index (χ0) is 11.3. The SMILES string of the molecule is CNC(CC1CCCC1)C(OC)C(C)C. The second-order valence-corrected chi connectivity index (χ2v) is 5.23. The highest BCUT2D eigenvalue weighted by molar-refractivity contribution is 4.82. The lowest BCUT2D eigenvalue weighted by molar-refractivity contribution is 0.0283. The first kappa shape index (κ1) is 13.0. The zero-order valence-corrected chi connectivity index (χ0v) is 10.8. The van der Waals surface area contributed by atoms with Crippen LogP contribution in [-0.2, 0) is 4.74 Å². The predicted molar refractivity (Wildman–Crippen MR) is 65.1 cm³/mol. The van der Waals surface area contributed by atoms with Crippen molar-refractivity contribution in [1.29, 1.82) is 0 Å². The summed E-state index contributed by atoms with van der Waals surface area (Å²) in [6.45, 7) is 4.49. The first-order chi connectivity index (χ1) is 7.19. The molecule has 15 heavy (non-hydrogen) atoms. The molecule has 1 aliphatic rings. The van der Waals surface area contributed by atoms with Crippen LogP contribution in [0, 0.1) is 11.8 Å². The summed E-state index contributed by atoms with van der Waals surface area (Å²) >= 11 is 0. The Morgan fingerprint density at radius 1 is 1.27 bits per heavy atom. The maximum atomic E-state index is 5.61. The number of nitrogens with one attached hydrogen (secondary N) is 1. The first-order valence-electron chi connectivity index (χ1n) is 6.39. The lowest BCUT2D eigenvalue weighted by Gasteiger charge is -2.30. The fourth-order valence-corrected chi connectivity index (χ4v) is 2.92. The summed E-state index contributed by atoms with van der Waals surface area (Å²) in [7, 11) is 3.90. The van der Waals surface area contributed by atoms with Crippen LogP contribution < -0.4 is 5.32 Å². The number of likely N-dealkylation sites (N-methyl/N-ethyl adjacent to an activating group) is 1. The minimum absolute atomic E-state index is 0.357. The zero-order valence-electron chi connectivity index (χ0n) is 10.8. The molecule has 2 nitrogen and oxygen atoms in total. The van der Waals surface area contributed by atoms with Crippen molar-refractivity contribution >= 4 is 0 Å². The number of ether oxygens (including phenoxy) is 1. The lowest BCUT2D eigenvalue weighted by atomic mass is 9.90. The van der Waals surface area contributed by atoms with Gasteiger partial charge in [-0.25, -0.2) is 0 Å². The molecule has 90 valence electrons. The molecule has 0 radical (unpaired) electrons. The lowest BCUT2D eigenvalue weighted by Crippen LogP contribution is -2.43. The molecule has 0 bridgehead atoms. The minimum atomic E-state index is 0.357. The van der Waals surface area contributed by atoms with Crippen LogP contribution in [0.25, 0.3) is 0 Å². The Bertz CT molecular complexity index is 164. The molecule has 1 fully saturated rings. The van der Waals surface area contributed by atoms with E-state index in [-0.39, 0.29) is 0 Å². The van der Waals surface area contributed by atoms with E-state index in [0.29, 0.717) is 18.1 Å². The summed E-state index contributed by atoms with van der Waals surface area (Å²) in [6.07, 6.45) is 7.35. The van der Waals surface area contributed by atoms with Gasteiger partial charge >= 0.3 is 0 Å². The van der Waals surface area contributed by atoms with Gasteiger partial charge in [-0.05, 0) is 25.3 Å². The van der Waals surface area contributed by atoms with Gasteiger partial charge in [0.25, 0.3) is 0 Å². The summed E-state index contributed by atoms with van der Waals surface area (Å²) in [4.78, 5) is 0. The van der Waals surface area contributed by atoms with Gasteiger partial charge in [0.1, 0.15) is 0 Å². The molecule has 0 spiro atoms. The standard InChI is InChI=1S/C13H27NO/c1-10(2)13(15-4)12(14-3)9-11-7-5-6-8-11/h10-14H,5-9H2,1-4H3. The Kier molecular flexibility index (Phi) is 5.62. The average Bonchev–Trinajstić information content (AvgIpc) is 2.69. The molecule has 0 aromatic carbocycles. The Balaban J connectivity index is 2.44. The molecule has 0 aliphatic heterocycles. The highest BCUT2D eigenvalue weighted by Crippen LogP contribution is 2.30. The van der Waals surface area contributed by atoms with Crippen molar-refractivity contribution in [3.63, 3.8) is 0 Å². The molecule has 0 heterocycles. The molecule has 1 saturated carbocycles. The van der Waals surface area contributed by atoms with E-state index in [9.17, 15) is 0 Å². The maximum absolute atomic E-state index is 5.61. The van der Waals surface area contributed by atoms with Crippen LogP contribution in [0.2, 0.25) is 0 Å². The predicted octanol–water partition coefficient (Wildman–Crippen LogP) is 2.83. The van der Waals surface area contributed by atoms with Gasteiger partial charge in [-0.1, -0.05) is 39.5 Å². The van der Waals surface area contributed by atoms with Crippen LogP contribution in [-0.4, -0.2) is 26.3 Å². The van der Waals surface area contributed by atoms with E-state index in [1.165, 1.54) is 32.1 Å². The van der Waals surface area contributed by atoms with E-state index < -0.39 is 0 Å². The van der Waals surface area contributed by atoms with E-state index in [2.05, 4.69) is 26.2 Å². The molecule has 2 unspecified atom stereocenters. The van der Waals surface area contributed by atoms with Crippen molar-refractivity contribution in [2.45, 2.75) is 58.1 Å². The fraction of sp³-hybridized carbons (Fsp3) is 1.00. The highest BCUT2D eigenvalue weighted by atomic mass is 16.5. The molecule has 1 rings (SSSR count). The second kappa shape index (κ2) is 6.49. The third kappa shape index (κ3) is 3.76. The van der Waals surface area contributed by atoms with Gasteiger partial charge in [0, 0.05) is 13.2 Å². The smallest absolute Gasteiger partial charge is 0.0747 e. The normalized spacial score (nSPS) is 22.2. The number of methoxy groups -OCH3 is 1. The summed E-state index contributed by atoms with van der Waals surface area (Å²) in [6, 6.07) is 0.526. The van der Waals surface area contributed by atoms with E-state index in [1.807, 2.05) is 7.11 Å². The van der Waals surface area contributed by atoms with Gasteiger partial charge in [0.05, 0.1) is 6.10 Å². The Labute approximate surface area is 94.8 Å². The van der Waals surface area contributed by atoms with Crippen molar-refractivity contribution in [3.8, 4) is 0 Å². The van der Waals surface area contributed by atoms with Gasteiger partial charge in [-0.2, -0.15) is 0 Å². The average molecular weight is 213 g/mol. The van der Waals surface area contributed by atoms with Gasteiger partial charge in [-0.15, -0.1) is 0 Å². The Hall–Kier alpha value is -0.0800. The van der Waals surface area contributed by atoms with Crippen LogP contribution in [0.15, 0.2) is 0 Å². The van der Waals surface area contributed by atoms with E-state index in [1.54, 1.807) is 0 Å². The van der Waals surface area contributed by atoms with Crippen molar-refractivity contribution in [3.05, 3.63) is 0 Å². The summed E-state index contributed by atoms with van der Waals surface area (Å²) in [5, 5.41) is 3.44. The fourth-order valence-electron chi connectivity index (χ4n) is 2.92. The summed E-state index contributed by atoms with van der Waals surface area (Å²) in [5.41, 5.74) is 0. The topological polar surface area (TPSA) is 21.3 Å². The monoisotopic (exact) mass is 213 g/mol. The molecular formula is C13H27NO. The van der Waals surface area contributed by atoms with Crippen molar-refractivity contribution in [1.82, 2.24) is 5.32 Å². The Morgan fingerprint density at radius 2 is 1.87 bits per heavy atom. The van der Waals surface area contributed by atoms with Crippen molar-refractivity contribution in [2.75, 3.05) is 14.2 Å². The molecule has 0 aromatic heterocycles. The van der Waals surface area contributed by atoms with Crippen LogP contribution in [0.5, 0.6) is 0 Å². The Morgan fingerprint density at radius 3 is 2.27 bits per heavy atom. The van der Waals surface area contributed by atoms with Crippen LogP contribution in [0.4, 0.5) is 0 Å². The third-order valence-electron chi connectivity index (χ3n) is 3.76. The van der Waals surface area contributed by atoms with Gasteiger partial charge in [0.15, 0.2) is 0 Å². The minimum Gasteiger partial charge on any atom is -0.380 e. The molecule has 0 aromatic rings. The van der Waals surface area contributed by atoms with Crippen LogP contribution in [0.1, 0.15) is 46.0 Å². The molecule has 2 heteroatoms. The molecule has 2 atom stereocenters. The number of hydrogen-bond donors (Lipinski definition) is 1. The second-order valence-electron chi connectivity index (χ2n) is 5.23. The van der Waals surface area contributed by atoms with E-state index in [0.717, 1.165) is 5.92 Å². The molecule has 1 N–H and O–H groups in total. The molecule has 0 amide bonds. The highest BCUT2D eigenvalue weighted by Gasteiger charge is 2.27. The molecular weight excluding hydrogens is 186 g/mol. The quantitative estimate of drug-likeness (QED) is 0.732. The van der Waals surface area contributed by atoms with E-state index in [4.69, 9.17) is 4.74 Å². The summed E-state index contributed by atoms with van der Waals surface area (Å²) in [5.74, 6) is 1.52. The van der Waals surface area contributed by atoms with Gasteiger partial charge < -0.3 is 10.1 Å². The summed E-state index contributed by atoms with van der Waals surface area (Å²) < 4.78 is 5.61. The van der Waals surface area contributed by atoms with Gasteiger partial charge in [-0.3, -0.25) is 0 Å². The van der Waals surface area contributed by atoms with Crippen molar-refractivity contribution in [2.24, 2.45) is 11.8 Å². The van der Waals surface area contributed by atoms with E-state index >= 15 is 0 Å². The van der Waals surface area contributed by atoms with Crippen LogP contribution in [0.3, 0.4) is 0 Å². The molecule has 1 aliphatic carbocycles. The van der Waals surface area contributed by atoms with Crippen molar-refractivity contribution < 1.29 is 4.74 Å². The maximum Gasteiger partial charge on any atom is 0.0747 e.